The van der Waals surface area contributed by atoms with Crippen LogP contribution in [0.25, 0.3) is 0 Å². The predicted octanol–water partition coefficient (Wildman–Crippen LogP) is 3.81. The van der Waals surface area contributed by atoms with Gasteiger partial charge in [-0.1, -0.05) is 48.5 Å². The lowest BCUT2D eigenvalue weighted by Crippen LogP contribution is -2.36. The first-order valence-corrected chi connectivity index (χ1v) is 12.2. The summed E-state index contributed by atoms with van der Waals surface area (Å²) in [5, 5.41) is 14.6. The topological polar surface area (TPSA) is 98.1 Å². The van der Waals surface area contributed by atoms with E-state index in [4.69, 9.17) is 4.74 Å². The average molecular weight is 482 g/mol. The average Bonchev–Trinajstić information content (AvgIpc) is 3.17. The first-order chi connectivity index (χ1) is 16.3. The van der Waals surface area contributed by atoms with Crippen LogP contribution in [0.15, 0.2) is 47.6 Å². The van der Waals surface area contributed by atoms with Crippen molar-refractivity contribution >= 4 is 29.3 Å². The Labute approximate surface area is 204 Å². The number of aromatic nitrogens is 3. The largest absolute Gasteiger partial charge is 0.481 e. The molecule has 0 bridgehead atoms. The van der Waals surface area contributed by atoms with Gasteiger partial charge in [-0.3, -0.25) is 9.59 Å². The van der Waals surface area contributed by atoms with Gasteiger partial charge in [-0.2, -0.15) is 0 Å². The zero-order valence-electron chi connectivity index (χ0n) is 20.2. The molecule has 0 aliphatic rings. The molecule has 9 heteroatoms. The molecule has 34 heavy (non-hydrogen) atoms. The van der Waals surface area contributed by atoms with Crippen molar-refractivity contribution in [3.8, 4) is 5.75 Å². The van der Waals surface area contributed by atoms with Crippen LogP contribution in [0, 0.1) is 13.8 Å². The molecule has 1 heterocycles. The van der Waals surface area contributed by atoms with Crippen LogP contribution < -0.4 is 15.4 Å². The minimum atomic E-state index is -0.650. The quantitative estimate of drug-likeness (QED) is 0.428. The summed E-state index contributed by atoms with van der Waals surface area (Å²) in [4.78, 5) is 24.8. The monoisotopic (exact) mass is 481 g/mol. The van der Waals surface area contributed by atoms with E-state index in [9.17, 15) is 9.59 Å². The number of thioether (sulfide) groups is 1. The van der Waals surface area contributed by atoms with Crippen LogP contribution in [0.2, 0.25) is 0 Å². The number of amides is 2. The van der Waals surface area contributed by atoms with Crippen molar-refractivity contribution in [1.29, 1.82) is 0 Å². The maximum atomic E-state index is 12.4. The molecule has 180 valence electrons. The first-order valence-electron chi connectivity index (χ1n) is 11.2. The van der Waals surface area contributed by atoms with Crippen LogP contribution >= 0.6 is 11.8 Å². The van der Waals surface area contributed by atoms with Crippen molar-refractivity contribution in [1.82, 2.24) is 20.1 Å². The fourth-order valence-corrected chi connectivity index (χ4v) is 4.00. The van der Waals surface area contributed by atoms with E-state index in [1.807, 2.05) is 56.3 Å². The van der Waals surface area contributed by atoms with Crippen LogP contribution in [0.3, 0.4) is 0 Å². The van der Waals surface area contributed by atoms with E-state index in [0.29, 0.717) is 16.7 Å². The number of nitrogens with zero attached hydrogens (tertiary/aromatic N) is 3. The summed E-state index contributed by atoms with van der Waals surface area (Å²) in [6.07, 6.45) is 0.300. The molecule has 0 unspecified atom stereocenters. The van der Waals surface area contributed by atoms with E-state index in [1.165, 1.54) is 17.3 Å². The molecule has 0 saturated carbocycles. The Morgan fingerprint density at radius 3 is 2.53 bits per heavy atom. The summed E-state index contributed by atoms with van der Waals surface area (Å²) in [5.74, 6) is 1.08. The molecule has 0 spiro atoms. The second-order valence-electron chi connectivity index (χ2n) is 8.09. The third-order valence-corrected chi connectivity index (χ3v) is 6.37. The highest BCUT2D eigenvalue weighted by molar-refractivity contribution is 7.99. The van der Waals surface area contributed by atoms with Crippen molar-refractivity contribution in [2.75, 3.05) is 11.1 Å². The van der Waals surface area contributed by atoms with Crippen LogP contribution in [-0.2, 0) is 29.6 Å². The van der Waals surface area contributed by atoms with Gasteiger partial charge in [-0.25, -0.2) is 0 Å². The number of carbonyl (C=O) groups is 2. The molecule has 3 aromatic rings. The minimum Gasteiger partial charge on any atom is -0.481 e. The summed E-state index contributed by atoms with van der Waals surface area (Å²) >= 11 is 1.29. The van der Waals surface area contributed by atoms with Gasteiger partial charge in [0.05, 0.1) is 12.3 Å². The summed E-state index contributed by atoms with van der Waals surface area (Å²) in [6.45, 7) is 7.98. The van der Waals surface area contributed by atoms with Crippen molar-refractivity contribution in [2.24, 2.45) is 7.05 Å². The van der Waals surface area contributed by atoms with Gasteiger partial charge in [-0.15, -0.1) is 10.2 Å². The molecular weight excluding hydrogens is 450 g/mol. The molecule has 0 saturated heterocycles. The minimum absolute atomic E-state index is 0.118. The molecule has 2 aromatic carbocycles. The second kappa shape index (κ2) is 11.7. The number of hydrogen-bond donors (Lipinski definition) is 2. The molecule has 3 rings (SSSR count). The van der Waals surface area contributed by atoms with Crippen molar-refractivity contribution in [2.45, 2.75) is 51.9 Å². The van der Waals surface area contributed by atoms with Crippen LogP contribution in [0.4, 0.5) is 5.69 Å². The van der Waals surface area contributed by atoms with E-state index in [1.54, 1.807) is 18.5 Å². The summed E-state index contributed by atoms with van der Waals surface area (Å²) in [5.41, 5.74) is 4.18. The predicted molar refractivity (Wildman–Crippen MR) is 134 cm³/mol. The van der Waals surface area contributed by atoms with Crippen molar-refractivity contribution in [3.05, 3.63) is 65.0 Å². The maximum absolute atomic E-state index is 12.4. The standard InChI is InChI=1S/C25H31N5O3S/c1-6-19-8-10-20(11-9-19)33-18(4)24(32)26-14-22-28-29-25(30(22)5)34-15-23(31)27-21-12-7-16(2)13-17(21)3/h7-13,18H,6,14-15H2,1-5H3,(H,26,32)(H,27,31)/t18-/m0/s1. The molecule has 0 aliphatic carbocycles. The third kappa shape index (κ3) is 6.84. The number of carbonyl (C=O) groups excluding carboxylic acids is 2. The highest BCUT2D eigenvalue weighted by Crippen LogP contribution is 2.19. The molecule has 0 aliphatic heterocycles. The van der Waals surface area contributed by atoms with E-state index in [-0.39, 0.29) is 24.1 Å². The molecular formula is C25H31N5O3S. The molecule has 0 fully saturated rings. The van der Waals surface area contributed by atoms with Crippen molar-refractivity contribution in [3.63, 3.8) is 0 Å². The molecule has 8 nitrogen and oxygen atoms in total. The molecule has 1 aromatic heterocycles. The Bertz CT molecular complexity index is 1140. The Balaban J connectivity index is 1.47. The fraction of sp³-hybridized carbons (Fsp3) is 0.360. The van der Waals surface area contributed by atoms with Crippen LogP contribution in [0.1, 0.15) is 36.4 Å². The SMILES string of the molecule is CCc1ccc(O[C@@H](C)C(=O)NCc2nnc(SCC(=O)Nc3ccc(C)cc3C)n2C)cc1. The molecule has 1 atom stereocenters. The van der Waals surface area contributed by atoms with E-state index in [2.05, 4.69) is 27.8 Å². The maximum Gasteiger partial charge on any atom is 0.261 e. The number of benzene rings is 2. The lowest BCUT2D eigenvalue weighted by atomic mass is 10.1. The summed E-state index contributed by atoms with van der Waals surface area (Å²) in [6, 6.07) is 13.6. The summed E-state index contributed by atoms with van der Waals surface area (Å²) < 4.78 is 7.49. The normalized spacial score (nSPS) is 11.7. The number of nitrogens with one attached hydrogen (secondary N) is 2. The summed E-state index contributed by atoms with van der Waals surface area (Å²) in [7, 11) is 1.81. The Hall–Kier alpha value is -3.33. The van der Waals surface area contributed by atoms with Crippen molar-refractivity contribution < 1.29 is 14.3 Å². The van der Waals surface area contributed by atoms with E-state index < -0.39 is 6.10 Å². The third-order valence-electron chi connectivity index (χ3n) is 5.35. The van der Waals surface area contributed by atoms with Gasteiger partial charge in [0.2, 0.25) is 5.91 Å². The van der Waals surface area contributed by atoms with Gasteiger partial charge < -0.3 is 19.9 Å². The molecule has 2 N–H and O–H groups in total. The van der Waals surface area contributed by atoms with E-state index in [0.717, 1.165) is 23.2 Å². The van der Waals surface area contributed by atoms with Gasteiger partial charge in [0.25, 0.3) is 5.91 Å². The lowest BCUT2D eigenvalue weighted by molar-refractivity contribution is -0.127. The number of aryl methyl sites for hydroxylation is 3. The van der Waals surface area contributed by atoms with Gasteiger partial charge >= 0.3 is 0 Å². The van der Waals surface area contributed by atoms with Gasteiger partial charge in [0.15, 0.2) is 17.1 Å². The number of hydrogen-bond acceptors (Lipinski definition) is 6. The fourth-order valence-electron chi connectivity index (χ4n) is 3.27. The highest BCUT2D eigenvalue weighted by Gasteiger charge is 2.17. The number of ether oxygens (including phenoxy) is 1. The highest BCUT2D eigenvalue weighted by atomic mass is 32.2. The zero-order valence-corrected chi connectivity index (χ0v) is 21.0. The molecule has 0 radical (unpaired) electrons. The molecule has 2 amide bonds. The van der Waals surface area contributed by atoms with Crippen LogP contribution in [0.5, 0.6) is 5.75 Å². The van der Waals surface area contributed by atoms with Gasteiger partial charge in [0.1, 0.15) is 5.75 Å². The Kier molecular flexibility index (Phi) is 8.70. The number of anilines is 1. The second-order valence-corrected chi connectivity index (χ2v) is 9.03. The Morgan fingerprint density at radius 2 is 1.85 bits per heavy atom. The first kappa shape index (κ1) is 25.3. The Morgan fingerprint density at radius 1 is 1.12 bits per heavy atom. The zero-order chi connectivity index (χ0) is 24.7. The number of rotatable bonds is 10. The van der Waals surface area contributed by atoms with Gasteiger partial charge in [-0.05, 0) is 56.5 Å². The van der Waals surface area contributed by atoms with Gasteiger partial charge in [0, 0.05) is 12.7 Å². The lowest BCUT2D eigenvalue weighted by Gasteiger charge is -2.15. The smallest absolute Gasteiger partial charge is 0.261 e. The van der Waals surface area contributed by atoms with E-state index >= 15 is 0 Å². The van der Waals surface area contributed by atoms with Crippen LogP contribution in [-0.4, -0.2) is 38.4 Å².